The summed E-state index contributed by atoms with van der Waals surface area (Å²) >= 11 is 3.32. The highest BCUT2D eigenvalue weighted by atomic mass is 79.9. The maximum atomic E-state index is 13.4. The Morgan fingerprint density at radius 3 is 2.30 bits per heavy atom. The van der Waals surface area contributed by atoms with Crippen molar-refractivity contribution in [2.45, 2.75) is 26.7 Å². The zero-order chi connectivity index (χ0) is 15.3. The molecule has 0 aliphatic heterocycles. The van der Waals surface area contributed by atoms with Gasteiger partial charge < -0.3 is 5.32 Å². The summed E-state index contributed by atoms with van der Waals surface area (Å²) in [5.41, 5.74) is -0.932. The second kappa shape index (κ2) is 7.11. The van der Waals surface area contributed by atoms with E-state index in [-0.39, 0.29) is 12.0 Å². The van der Waals surface area contributed by atoms with Gasteiger partial charge in [0.15, 0.2) is 0 Å². The molecule has 1 amide bonds. The van der Waals surface area contributed by atoms with Crippen LogP contribution in [-0.4, -0.2) is 17.8 Å². The Balaban J connectivity index is 2.73. The lowest BCUT2D eigenvalue weighted by Crippen LogP contribution is -2.35. The second-order valence-corrected chi connectivity index (χ2v) is 6.18. The number of benzene rings is 1. The van der Waals surface area contributed by atoms with Gasteiger partial charge in [0.25, 0.3) is 5.91 Å². The van der Waals surface area contributed by atoms with E-state index in [0.717, 1.165) is 18.2 Å². The summed E-state index contributed by atoms with van der Waals surface area (Å²) < 4.78 is 39.6. The van der Waals surface area contributed by atoms with Crippen LogP contribution >= 0.6 is 15.9 Å². The molecule has 1 N–H and O–H groups in total. The summed E-state index contributed by atoms with van der Waals surface area (Å²) in [6.07, 6.45) is 1.79. The number of carbonyl (C=O) groups is 1. The lowest BCUT2D eigenvalue weighted by atomic mass is 9.88. The predicted molar refractivity (Wildman–Crippen MR) is 75.5 cm³/mol. The van der Waals surface area contributed by atoms with Gasteiger partial charge in [-0.15, -0.1) is 0 Å². The molecular weight excluding hydrogens is 335 g/mol. The second-order valence-electron chi connectivity index (χ2n) is 5.38. The minimum atomic E-state index is -1.20. The van der Waals surface area contributed by atoms with E-state index in [1.165, 1.54) is 0 Å². The third kappa shape index (κ3) is 4.81. The van der Waals surface area contributed by atoms with Crippen LogP contribution in [0.2, 0.25) is 0 Å². The third-order valence-corrected chi connectivity index (χ3v) is 3.51. The molecular formula is C14H17BrF3NO. The fourth-order valence-corrected chi connectivity index (χ4v) is 2.08. The monoisotopic (exact) mass is 351 g/mol. The summed E-state index contributed by atoms with van der Waals surface area (Å²) in [7, 11) is 0. The van der Waals surface area contributed by atoms with Gasteiger partial charge in [-0.25, -0.2) is 13.2 Å². The molecule has 0 fully saturated rings. The summed E-state index contributed by atoms with van der Waals surface area (Å²) in [6, 6.07) is 0.988. The van der Waals surface area contributed by atoms with Gasteiger partial charge in [0, 0.05) is 24.0 Å². The number of rotatable bonds is 6. The summed E-state index contributed by atoms with van der Waals surface area (Å²) in [4.78, 5) is 11.8. The first kappa shape index (κ1) is 17.0. The van der Waals surface area contributed by atoms with Crippen LogP contribution in [-0.2, 0) is 0 Å². The van der Waals surface area contributed by atoms with Crippen molar-refractivity contribution in [2.24, 2.45) is 5.41 Å². The van der Waals surface area contributed by atoms with Gasteiger partial charge >= 0.3 is 0 Å². The van der Waals surface area contributed by atoms with Gasteiger partial charge in [-0.1, -0.05) is 29.8 Å². The van der Waals surface area contributed by atoms with Crippen molar-refractivity contribution >= 4 is 21.8 Å². The van der Waals surface area contributed by atoms with Crippen molar-refractivity contribution in [3.05, 3.63) is 35.1 Å². The molecule has 0 atom stereocenters. The SMILES string of the molecule is CC(C)(CCCBr)CNC(=O)c1c(F)cc(F)cc1F. The first-order chi connectivity index (χ1) is 9.26. The first-order valence-corrected chi connectivity index (χ1v) is 7.38. The normalized spacial score (nSPS) is 11.5. The van der Waals surface area contributed by atoms with E-state index >= 15 is 0 Å². The molecule has 1 rings (SSSR count). The van der Waals surface area contributed by atoms with E-state index in [4.69, 9.17) is 0 Å². The molecule has 0 heterocycles. The highest BCUT2D eigenvalue weighted by molar-refractivity contribution is 9.09. The van der Waals surface area contributed by atoms with Crippen LogP contribution in [0, 0.1) is 22.9 Å². The van der Waals surface area contributed by atoms with Crippen molar-refractivity contribution in [2.75, 3.05) is 11.9 Å². The van der Waals surface area contributed by atoms with Gasteiger partial charge in [-0.3, -0.25) is 4.79 Å². The average Bonchev–Trinajstić information content (AvgIpc) is 2.33. The van der Waals surface area contributed by atoms with Crippen molar-refractivity contribution < 1.29 is 18.0 Å². The molecule has 0 aliphatic rings. The fraction of sp³-hybridized carbons (Fsp3) is 0.500. The molecule has 6 heteroatoms. The third-order valence-electron chi connectivity index (χ3n) is 2.95. The Hall–Kier alpha value is -1.04. The Morgan fingerprint density at radius 2 is 1.80 bits per heavy atom. The molecule has 112 valence electrons. The smallest absolute Gasteiger partial charge is 0.257 e. The number of hydrogen-bond acceptors (Lipinski definition) is 1. The quantitative estimate of drug-likeness (QED) is 0.770. The minimum Gasteiger partial charge on any atom is -0.351 e. The van der Waals surface area contributed by atoms with Crippen molar-refractivity contribution in [3.8, 4) is 0 Å². The summed E-state index contributed by atoms with van der Waals surface area (Å²) in [6.45, 7) is 4.19. The van der Waals surface area contributed by atoms with Crippen LogP contribution in [0.25, 0.3) is 0 Å². The van der Waals surface area contributed by atoms with Crippen LogP contribution < -0.4 is 5.32 Å². The maximum Gasteiger partial charge on any atom is 0.257 e. The van der Waals surface area contributed by atoms with Crippen molar-refractivity contribution in [3.63, 3.8) is 0 Å². The van der Waals surface area contributed by atoms with Gasteiger partial charge in [0.05, 0.1) is 0 Å². The van der Waals surface area contributed by atoms with Crippen LogP contribution in [0.1, 0.15) is 37.0 Å². The topological polar surface area (TPSA) is 29.1 Å². The largest absolute Gasteiger partial charge is 0.351 e. The van der Waals surface area contributed by atoms with Gasteiger partial charge in [0.2, 0.25) is 0 Å². The van der Waals surface area contributed by atoms with E-state index in [0.29, 0.717) is 12.1 Å². The Bertz CT molecular complexity index is 468. The molecule has 20 heavy (non-hydrogen) atoms. The van der Waals surface area contributed by atoms with E-state index < -0.39 is 28.9 Å². The van der Waals surface area contributed by atoms with Crippen molar-refractivity contribution in [1.82, 2.24) is 5.32 Å². The number of amides is 1. The van der Waals surface area contributed by atoms with E-state index in [1.54, 1.807) is 0 Å². The Morgan fingerprint density at radius 1 is 1.25 bits per heavy atom. The number of carbonyl (C=O) groups excluding carboxylic acids is 1. The van der Waals surface area contributed by atoms with Gasteiger partial charge in [-0.05, 0) is 18.3 Å². The number of hydrogen-bond donors (Lipinski definition) is 1. The van der Waals surface area contributed by atoms with Crippen LogP contribution in [0.15, 0.2) is 12.1 Å². The Labute approximate surface area is 124 Å². The fourth-order valence-electron chi connectivity index (χ4n) is 1.80. The molecule has 0 radical (unpaired) electrons. The average molecular weight is 352 g/mol. The predicted octanol–water partition coefficient (Wildman–Crippen LogP) is 4.04. The van der Waals surface area contributed by atoms with Gasteiger partial charge in [0.1, 0.15) is 23.0 Å². The molecule has 0 aliphatic carbocycles. The molecule has 0 bridgehead atoms. The molecule has 0 saturated heterocycles. The number of alkyl halides is 1. The zero-order valence-corrected chi connectivity index (χ0v) is 13.0. The molecule has 2 nitrogen and oxygen atoms in total. The lowest BCUT2D eigenvalue weighted by Gasteiger charge is -2.24. The summed E-state index contributed by atoms with van der Waals surface area (Å²) in [5, 5.41) is 3.35. The molecule has 0 aromatic heterocycles. The Kier molecular flexibility index (Phi) is 6.05. The maximum absolute atomic E-state index is 13.4. The summed E-state index contributed by atoms with van der Waals surface area (Å²) in [5.74, 6) is -4.31. The van der Waals surface area contributed by atoms with E-state index in [9.17, 15) is 18.0 Å². The van der Waals surface area contributed by atoms with E-state index in [1.807, 2.05) is 13.8 Å². The molecule has 1 aromatic carbocycles. The highest BCUT2D eigenvalue weighted by Gasteiger charge is 2.22. The first-order valence-electron chi connectivity index (χ1n) is 6.25. The molecule has 1 aromatic rings. The molecule has 0 saturated carbocycles. The molecule has 0 unspecified atom stereocenters. The minimum absolute atomic E-state index is 0.184. The van der Waals surface area contributed by atoms with Crippen LogP contribution in [0.5, 0.6) is 0 Å². The van der Waals surface area contributed by atoms with Crippen LogP contribution in [0.4, 0.5) is 13.2 Å². The zero-order valence-electron chi connectivity index (χ0n) is 11.4. The number of nitrogens with one attached hydrogen (secondary N) is 1. The lowest BCUT2D eigenvalue weighted by molar-refractivity contribution is 0.0926. The standard InChI is InChI=1S/C14H17BrF3NO/c1-14(2,4-3-5-15)8-19-13(20)12-10(17)6-9(16)7-11(12)18/h6-7H,3-5,8H2,1-2H3,(H,19,20). The van der Waals surface area contributed by atoms with Gasteiger partial charge in [-0.2, -0.15) is 0 Å². The highest BCUT2D eigenvalue weighted by Crippen LogP contribution is 2.22. The molecule has 0 spiro atoms. The van der Waals surface area contributed by atoms with Crippen LogP contribution in [0.3, 0.4) is 0 Å². The van der Waals surface area contributed by atoms with E-state index in [2.05, 4.69) is 21.2 Å². The number of halogens is 4. The van der Waals surface area contributed by atoms with Crippen molar-refractivity contribution in [1.29, 1.82) is 0 Å².